The van der Waals surface area contributed by atoms with Crippen LogP contribution >= 0.6 is 11.6 Å². The molecule has 1 aliphatic carbocycles. The number of hydrogen-bond acceptors (Lipinski definition) is 4. The van der Waals surface area contributed by atoms with E-state index in [0.29, 0.717) is 37.6 Å². The molecule has 0 N–H and O–H groups in total. The number of benzene rings is 1. The number of hydrogen-bond donors (Lipinski definition) is 0. The zero-order valence-corrected chi connectivity index (χ0v) is 18.1. The predicted molar refractivity (Wildman–Crippen MR) is 117 cm³/mol. The number of nitrogens with zero attached hydrogens (tertiary/aromatic N) is 4. The molecule has 2 aromatic heterocycles. The van der Waals surface area contributed by atoms with E-state index in [1.165, 1.54) is 11.1 Å². The SMILES string of the molecule is Cc1cn(-c2ccc3n(c2=O)CCN(CCOc2ccc(Cl)c4c2CCC4)C3=O)cn1. The van der Waals surface area contributed by atoms with Gasteiger partial charge in [-0.15, -0.1) is 0 Å². The van der Waals surface area contributed by atoms with E-state index in [2.05, 4.69) is 4.98 Å². The van der Waals surface area contributed by atoms with Crippen molar-refractivity contribution in [1.82, 2.24) is 19.0 Å². The lowest BCUT2D eigenvalue weighted by atomic mass is 10.1. The highest BCUT2D eigenvalue weighted by Crippen LogP contribution is 2.35. The van der Waals surface area contributed by atoms with Crippen molar-refractivity contribution in [2.45, 2.75) is 32.7 Å². The molecule has 8 heteroatoms. The van der Waals surface area contributed by atoms with Crippen molar-refractivity contribution in [3.63, 3.8) is 0 Å². The number of pyridine rings is 1. The number of aryl methyl sites for hydroxylation is 1. The molecule has 0 saturated carbocycles. The molecule has 0 unspecified atom stereocenters. The first-order chi connectivity index (χ1) is 15.0. The second-order valence-electron chi connectivity index (χ2n) is 7.98. The fourth-order valence-electron chi connectivity index (χ4n) is 4.45. The van der Waals surface area contributed by atoms with Gasteiger partial charge in [0.05, 0.1) is 18.6 Å². The molecule has 31 heavy (non-hydrogen) atoms. The number of carbonyl (C=O) groups is 1. The number of halogens is 1. The topological polar surface area (TPSA) is 69.4 Å². The number of ether oxygens (including phenoxy) is 1. The van der Waals surface area contributed by atoms with Gasteiger partial charge in [0.2, 0.25) is 0 Å². The molecule has 7 nitrogen and oxygen atoms in total. The summed E-state index contributed by atoms with van der Waals surface area (Å²) >= 11 is 6.29. The summed E-state index contributed by atoms with van der Waals surface area (Å²) in [5, 5.41) is 0.804. The van der Waals surface area contributed by atoms with Gasteiger partial charge in [-0.3, -0.25) is 9.59 Å². The number of carbonyl (C=O) groups excluding carboxylic acids is 1. The van der Waals surface area contributed by atoms with Gasteiger partial charge in [-0.2, -0.15) is 0 Å². The number of imidazole rings is 1. The largest absolute Gasteiger partial charge is 0.491 e. The molecule has 5 rings (SSSR count). The van der Waals surface area contributed by atoms with Crippen LogP contribution in [0.5, 0.6) is 5.75 Å². The highest BCUT2D eigenvalue weighted by molar-refractivity contribution is 6.31. The standard InChI is InChI=1S/C23H23ClN4O3/c1-15-13-27(14-25-15)19-6-7-20-22(29)26(9-10-28(20)23(19)30)11-12-31-21-8-5-18(24)16-3-2-4-17(16)21/h5-8,13-14H,2-4,9-12H2,1H3. The smallest absolute Gasteiger partial charge is 0.275 e. The summed E-state index contributed by atoms with van der Waals surface area (Å²) in [6.45, 7) is 3.66. The lowest BCUT2D eigenvalue weighted by Crippen LogP contribution is -2.46. The minimum atomic E-state index is -0.184. The molecule has 3 heterocycles. The van der Waals surface area contributed by atoms with E-state index in [1.54, 1.807) is 38.7 Å². The van der Waals surface area contributed by atoms with Crippen LogP contribution in [0.2, 0.25) is 5.02 Å². The fourth-order valence-corrected chi connectivity index (χ4v) is 4.72. The summed E-state index contributed by atoms with van der Waals surface area (Å²) in [5.74, 6) is 0.708. The Balaban J connectivity index is 1.29. The molecule has 1 amide bonds. The van der Waals surface area contributed by atoms with Gasteiger partial charge in [0, 0.05) is 24.3 Å². The normalized spacial score (nSPS) is 15.2. The number of amides is 1. The third-order valence-electron chi connectivity index (χ3n) is 6.05. The van der Waals surface area contributed by atoms with Crippen LogP contribution in [0.15, 0.2) is 41.6 Å². The van der Waals surface area contributed by atoms with Gasteiger partial charge in [0.25, 0.3) is 11.5 Å². The molecule has 0 fully saturated rings. The molecule has 160 valence electrons. The maximum atomic E-state index is 13.0. The fraction of sp³-hybridized carbons (Fsp3) is 0.348. The van der Waals surface area contributed by atoms with Crippen LogP contribution < -0.4 is 10.3 Å². The van der Waals surface area contributed by atoms with Crippen LogP contribution in [0, 0.1) is 6.92 Å². The van der Waals surface area contributed by atoms with Crippen LogP contribution in [-0.4, -0.2) is 44.6 Å². The minimum Gasteiger partial charge on any atom is -0.491 e. The summed E-state index contributed by atoms with van der Waals surface area (Å²) < 4.78 is 9.26. The van der Waals surface area contributed by atoms with Crippen LogP contribution in [-0.2, 0) is 19.4 Å². The van der Waals surface area contributed by atoms with Gasteiger partial charge in [-0.05, 0) is 61.6 Å². The van der Waals surface area contributed by atoms with Crippen molar-refractivity contribution in [3.8, 4) is 11.4 Å². The molecule has 0 bridgehead atoms. The molecule has 0 atom stereocenters. The summed E-state index contributed by atoms with van der Waals surface area (Å²) in [7, 11) is 0. The minimum absolute atomic E-state index is 0.151. The first-order valence-corrected chi connectivity index (χ1v) is 10.9. The van der Waals surface area contributed by atoms with Gasteiger partial charge >= 0.3 is 0 Å². The second kappa shape index (κ2) is 7.89. The van der Waals surface area contributed by atoms with Crippen LogP contribution in [0.4, 0.5) is 0 Å². The third-order valence-corrected chi connectivity index (χ3v) is 6.40. The highest BCUT2D eigenvalue weighted by atomic mass is 35.5. The van der Waals surface area contributed by atoms with Crippen molar-refractivity contribution < 1.29 is 9.53 Å². The summed E-state index contributed by atoms with van der Waals surface area (Å²) in [6, 6.07) is 7.20. The van der Waals surface area contributed by atoms with E-state index < -0.39 is 0 Å². The van der Waals surface area contributed by atoms with Gasteiger partial charge in [-0.1, -0.05) is 11.6 Å². The summed E-state index contributed by atoms with van der Waals surface area (Å²) in [6.07, 6.45) is 6.46. The van der Waals surface area contributed by atoms with E-state index in [0.717, 1.165) is 35.7 Å². The molecule has 1 aromatic carbocycles. The average Bonchev–Trinajstić information content (AvgIpc) is 3.42. The maximum Gasteiger partial charge on any atom is 0.275 e. The molecule has 0 radical (unpaired) electrons. The van der Waals surface area contributed by atoms with Crippen LogP contribution in [0.1, 0.15) is 33.7 Å². The molecule has 0 spiro atoms. The average molecular weight is 439 g/mol. The Morgan fingerprint density at radius 3 is 2.74 bits per heavy atom. The Hall–Kier alpha value is -3.06. The van der Waals surface area contributed by atoms with Crippen molar-refractivity contribution >= 4 is 17.5 Å². The van der Waals surface area contributed by atoms with Crippen molar-refractivity contribution in [2.75, 3.05) is 19.7 Å². The van der Waals surface area contributed by atoms with Crippen LogP contribution in [0.3, 0.4) is 0 Å². The van der Waals surface area contributed by atoms with E-state index in [9.17, 15) is 9.59 Å². The first kappa shape index (κ1) is 19.9. The molecule has 0 saturated heterocycles. The maximum absolute atomic E-state index is 13.0. The van der Waals surface area contributed by atoms with E-state index >= 15 is 0 Å². The van der Waals surface area contributed by atoms with E-state index in [4.69, 9.17) is 16.3 Å². The van der Waals surface area contributed by atoms with Crippen molar-refractivity contribution in [3.05, 3.63) is 74.7 Å². The summed E-state index contributed by atoms with van der Waals surface area (Å²) in [5.41, 5.74) is 3.92. The molecular formula is C23H23ClN4O3. The Bertz CT molecular complexity index is 1230. The zero-order chi connectivity index (χ0) is 21.5. The predicted octanol–water partition coefficient (Wildman–Crippen LogP) is 3.02. The monoisotopic (exact) mass is 438 g/mol. The third kappa shape index (κ3) is 3.53. The molecular weight excluding hydrogens is 416 g/mol. The van der Waals surface area contributed by atoms with Gasteiger partial charge in [-0.25, -0.2) is 4.98 Å². The van der Waals surface area contributed by atoms with E-state index in [-0.39, 0.29) is 11.5 Å². The Labute approximate surface area is 184 Å². The van der Waals surface area contributed by atoms with Crippen LogP contribution in [0.25, 0.3) is 5.69 Å². The highest BCUT2D eigenvalue weighted by Gasteiger charge is 2.26. The van der Waals surface area contributed by atoms with Crippen molar-refractivity contribution in [2.24, 2.45) is 0 Å². The quantitative estimate of drug-likeness (QED) is 0.614. The first-order valence-electron chi connectivity index (χ1n) is 10.5. The lowest BCUT2D eigenvalue weighted by molar-refractivity contribution is 0.0672. The molecule has 1 aliphatic heterocycles. The Morgan fingerprint density at radius 1 is 1.10 bits per heavy atom. The Morgan fingerprint density at radius 2 is 1.94 bits per heavy atom. The van der Waals surface area contributed by atoms with Gasteiger partial charge in [0.1, 0.15) is 23.7 Å². The summed E-state index contributed by atoms with van der Waals surface area (Å²) in [4.78, 5) is 31.8. The number of rotatable bonds is 5. The number of fused-ring (bicyclic) bond motifs is 2. The van der Waals surface area contributed by atoms with Gasteiger partial charge < -0.3 is 18.8 Å². The lowest BCUT2D eigenvalue weighted by Gasteiger charge is -2.29. The van der Waals surface area contributed by atoms with Crippen molar-refractivity contribution in [1.29, 1.82) is 0 Å². The molecule has 2 aliphatic rings. The van der Waals surface area contributed by atoms with Gasteiger partial charge in [0.15, 0.2) is 0 Å². The second-order valence-corrected chi connectivity index (χ2v) is 8.39. The zero-order valence-electron chi connectivity index (χ0n) is 17.3. The Kier molecular flexibility index (Phi) is 5.06. The number of aromatic nitrogens is 3. The molecule has 3 aromatic rings. The van der Waals surface area contributed by atoms with E-state index in [1.807, 2.05) is 19.1 Å².